The fourth-order valence-corrected chi connectivity index (χ4v) is 1.71. The number of aromatic nitrogens is 1. The molecule has 0 radical (unpaired) electrons. The Balaban J connectivity index is 2.51. The minimum Gasteiger partial charge on any atom is -0.497 e. The molecule has 0 N–H and O–H groups in total. The molecular weight excluding hydrogens is 200 g/mol. The number of rotatable bonds is 3. The topological polar surface area (TPSA) is 45.9 Å². The average molecular weight is 212 g/mol. The summed E-state index contributed by atoms with van der Waals surface area (Å²) in [5.41, 5.74) is 0.956. The van der Waals surface area contributed by atoms with E-state index >= 15 is 0 Å². The highest BCUT2D eigenvalue weighted by Crippen LogP contribution is 2.23. The Morgan fingerprint density at radius 2 is 2.25 bits per heavy atom. The van der Waals surface area contributed by atoms with E-state index in [0.29, 0.717) is 12.8 Å². The Morgan fingerprint density at radius 1 is 1.38 bits per heavy atom. The molecule has 3 nitrogen and oxygen atoms in total. The number of hydrogen-bond donors (Lipinski definition) is 0. The maximum atomic E-state index is 8.60. The number of pyridine rings is 1. The maximum absolute atomic E-state index is 8.60. The zero-order valence-electron chi connectivity index (χ0n) is 9.10. The normalized spacial score (nSPS) is 10.0. The monoisotopic (exact) mass is 212 g/mol. The first-order valence-corrected chi connectivity index (χ1v) is 5.13. The van der Waals surface area contributed by atoms with Gasteiger partial charge in [0.15, 0.2) is 0 Å². The second-order valence-electron chi connectivity index (χ2n) is 3.50. The van der Waals surface area contributed by atoms with E-state index in [1.165, 1.54) is 0 Å². The fourth-order valence-electron chi connectivity index (χ4n) is 1.71. The number of aryl methyl sites for hydroxylation is 1. The molecular formula is C13H12N2O. The van der Waals surface area contributed by atoms with E-state index in [2.05, 4.69) is 11.1 Å². The highest BCUT2D eigenvalue weighted by molar-refractivity contribution is 5.85. The smallest absolute Gasteiger partial charge is 0.119 e. The summed E-state index contributed by atoms with van der Waals surface area (Å²) in [7, 11) is 1.65. The number of benzene rings is 1. The van der Waals surface area contributed by atoms with Gasteiger partial charge in [-0.2, -0.15) is 5.26 Å². The van der Waals surface area contributed by atoms with Crippen molar-refractivity contribution in [1.29, 1.82) is 5.26 Å². The summed E-state index contributed by atoms with van der Waals surface area (Å²) in [6, 6.07) is 10.0. The summed E-state index contributed by atoms with van der Waals surface area (Å²) in [6.45, 7) is 0. The van der Waals surface area contributed by atoms with Gasteiger partial charge < -0.3 is 4.74 Å². The van der Waals surface area contributed by atoms with E-state index in [0.717, 1.165) is 22.2 Å². The molecule has 16 heavy (non-hydrogen) atoms. The van der Waals surface area contributed by atoms with Gasteiger partial charge in [0.25, 0.3) is 0 Å². The molecule has 1 heterocycles. The van der Waals surface area contributed by atoms with E-state index in [4.69, 9.17) is 10.00 Å². The Kier molecular flexibility index (Phi) is 3.02. The van der Waals surface area contributed by atoms with Gasteiger partial charge in [0.2, 0.25) is 0 Å². The van der Waals surface area contributed by atoms with Crippen molar-refractivity contribution in [2.45, 2.75) is 12.8 Å². The van der Waals surface area contributed by atoms with Gasteiger partial charge in [-0.25, -0.2) is 0 Å². The molecule has 2 rings (SSSR count). The van der Waals surface area contributed by atoms with Crippen LogP contribution in [0, 0.1) is 11.3 Å². The number of nitrogens with zero attached hydrogens (tertiary/aromatic N) is 2. The van der Waals surface area contributed by atoms with E-state index in [-0.39, 0.29) is 0 Å². The van der Waals surface area contributed by atoms with Crippen LogP contribution in [0.15, 0.2) is 30.5 Å². The van der Waals surface area contributed by atoms with Crippen LogP contribution in [0.1, 0.15) is 12.1 Å². The summed E-state index contributed by atoms with van der Waals surface area (Å²) in [6.07, 6.45) is 2.95. The second-order valence-corrected chi connectivity index (χ2v) is 3.50. The minimum atomic E-state index is 0.489. The summed E-state index contributed by atoms with van der Waals surface area (Å²) in [5, 5.41) is 10.8. The van der Waals surface area contributed by atoms with Crippen molar-refractivity contribution in [3.63, 3.8) is 0 Å². The Hall–Kier alpha value is -2.08. The van der Waals surface area contributed by atoms with E-state index in [1.54, 1.807) is 13.3 Å². The minimum absolute atomic E-state index is 0.489. The molecule has 2 aromatic rings. The lowest BCUT2D eigenvalue weighted by atomic mass is 10.1. The van der Waals surface area contributed by atoms with E-state index < -0.39 is 0 Å². The molecule has 1 aromatic heterocycles. The second kappa shape index (κ2) is 4.63. The third-order valence-electron chi connectivity index (χ3n) is 2.53. The molecule has 3 heteroatoms. The van der Waals surface area contributed by atoms with Crippen LogP contribution in [-0.2, 0) is 6.42 Å². The lowest BCUT2D eigenvalue weighted by molar-refractivity contribution is 0.415. The number of hydrogen-bond acceptors (Lipinski definition) is 3. The molecule has 0 saturated carbocycles. The zero-order chi connectivity index (χ0) is 11.4. The first kappa shape index (κ1) is 10.4. The summed E-state index contributed by atoms with van der Waals surface area (Å²) in [5.74, 6) is 0.818. The number of fused-ring (bicyclic) bond motifs is 1. The number of methoxy groups -OCH3 is 1. The van der Waals surface area contributed by atoms with E-state index in [1.807, 2.05) is 24.3 Å². The van der Waals surface area contributed by atoms with Crippen molar-refractivity contribution in [1.82, 2.24) is 4.98 Å². The van der Waals surface area contributed by atoms with Crippen LogP contribution in [0.5, 0.6) is 5.75 Å². The van der Waals surface area contributed by atoms with Crippen LogP contribution in [0.2, 0.25) is 0 Å². The quantitative estimate of drug-likeness (QED) is 0.785. The molecule has 0 fully saturated rings. The third-order valence-corrected chi connectivity index (χ3v) is 2.53. The average Bonchev–Trinajstić information content (AvgIpc) is 2.35. The molecule has 0 aliphatic carbocycles. The molecule has 0 aliphatic rings. The lowest BCUT2D eigenvalue weighted by Crippen LogP contribution is -1.92. The van der Waals surface area contributed by atoms with Crippen molar-refractivity contribution in [3.05, 3.63) is 36.2 Å². The van der Waals surface area contributed by atoms with Gasteiger partial charge in [-0.15, -0.1) is 0 Å². The van der Waals surface area contributed by atoms with Gasteiger partial charge >= 0.3 is 0 Å². The molecule has 80 valence electrons. The Bertz CT molecular complexity index is 543. The van der Waals surface area contributed by atoms with Crippen LogP contribution in [0.3, 0.4) is 0 Å². The molecule has 0 amide bonds. The Morgan fingerprint density at radius 3 is 3.00 bits per heavy atom. The van der Waals surface area contributed by atoms with Crippen LogP contribution in [0.25, 0.3) is 10.8 Å². The molecule has 0 saturated heterocycles. The highest BCUT2D eigenvalue weighted by Gasteiger charge is 2.03. The van der Waals surface area contributed by atoms with E-state index in [9.17, 15) is 0 Å². The lowest BCUT2D eigenvalue weighted by Gasteiger charge is -2.06. The standard InChI is InChI=1S/C13H12N2O/c1-16-11-5-4-10-6-8-15-13(3-2-7-14)12(10)9-11/h4-6,8-9H,2-3H2,1H3. The molecule has 0 bridgehead atoms. The van der Waals surface area contributed by atoms with Crippen molar-refractivity contribution in [3.8, 4) is 11.8 Å². The van der Waals surface area contributed by atoms with Gasteiger partial charge in [-0.05, 0) is 23.6 Å². The summed E-state index contributed by atoms with van der Waals surface area (Å²) in [4.78, 5) is 4.31. The Labute approximate surface area is 94.3 Å². The molecule has 0 spiro atoms. The predicted molar refractivity (Wildman–Crippen MR) is 62.2 cm³/mol. The highest BCUT2D eigenvalue weighted by atomic mass is 16.5. The van der Waals surface area contributed by atoms with Gasteiger partial charge in [0, 0.05) is 30.1 Å². The fraction of sp³-hybridized carbons (Fsp3) is 0.231. The first-order chi connectivity index (χ1) is 7.85. The number of nitriles is 1. The summed E-state index contributed by atoms with van der Waals surface area (Å²) < 4.78 is 5.19. The number of ether oxygens (including phenoxy) is 1. The van der Waals surface area contributed by atoms with Crippen LogP contribution < -0.4 is 4.74 Å². The van der Waals surface area contributed by atoms with Gasteiger partial charge in [0.05, 0.1) is 13.2 Å². The van der Waals surface area contributed by atoms with Crippen molar-refractivity contribution in [2.24, 2.45) is 0 Å². The predicted octanol–water partition coefficient (Wildman–Crippen LogP) is 2.70. The molecule has 0 unspecified atom stereocenters. The first-order valence-electron chi connectivity index (χ1n) is 5.13. The third kappa shape index (κ3) is 1.96. The maximum Gasteiger partial charge on any atom is 0.119 e. The molecule has 0 atom stereocenters. The largest absolute Gasteiger partial charge is 0.497 e. The van der Waals surface area contributed by atoms with Crippen LogP contribution in [-0.4, -0.2) is 12.1 Å². The van der Waals surface area contributed by atoms with Gasteiger partial charge in [-0.3, -0.25) is 4.98 Å². The summed E-state index contributed by atoms with van der Waals surface area (Å²) >= 11 is 0. The van der Waals surface area contributed by atoms with Crippen LogP contribution in [0.4, 0.5) is 0 Å². The molecule has 0 aliphatic heterocycles. The van der Waals surface area contributed by atoms with Crippen molar-refractivity contribution >= 4 is 10.8 Å². The van der Waals surface area contributed by atoms with Crippen molar-refractivity contribution in [2.75, 3.05) is 7.11 Å². The van der Waals surface area contributed by atoms with Crippen LogP contribution >= 0.6 is 0 Å². The SMILES string of the molecule is COc1ccc2ccnc(CCC#N)c2c1. The van der Waals surface area contributed by atoms with Crippen molar-refractivity contribution < 1.29 is 4.74 Å². The van der Waals surface area contributed by atoms with Gasteiger partial charge in [-0.1, -0.05) is 6.07 Å². The molecule has 1 aromatic carbocycles. The van der Waals surface area contributed by atoms with Gasteiger partial charge in [0.1, 0.15) is 5.75 Å². The zero-order valence-corrected chi connectivity index (χ0v) is 9.10.